The Morgan fingerprint density at radius 3 is 1.46 bits per heavy atom. The molecule has 8 aromatic carbocycles. The van der Waals surface area contributed by atoms with Crippen LogP contribution >= 0.6 is 0 Å². The molecule has 0 fully saturated rings. The summed E-state index contributed by atoms with van der Waals surface area (Å²) < 4.78 is 4.80. The van der Waals surface area contributed by atoms with Gasteiger partial charge in [0, 0.05) is 32.9 Å². The number of fused-ring (bicyclic) bond motifs is 6. The molecule has 50 heavy (non-hydrogen) atoms. The predicted molar refractivity (Wildman–Crippen MR) is 211 cm³/mol. The van der Waals surface area contributed by atoms with Crippen LogP contribution in [-0.4, -0.2) is 9.13 Å². The van der Waals surface area contributed by atoms with Gasteiger partial charge in [0.25, 0.3) is 0 Å². The zero-order valence-electron chi connectivity index (χ0n) is 27.4. The lowest BCUT2D eigenvalue weighted by molar-refractivity contribution is 1.18. The van der Waals surface area contributed by atoms with Crippen molar-refractivity contribution in [2.24, 2.45) is 0 Å². The van der Waals surface area contributed by atoms with Gasteiger partial charge in [-0.25, -0.2) is 0 Å². The molecule has 0 N–H and O–H groups in total. The van der Waals surface area contributed by atoms with E-state index in [4.69, 9.17) is 0 Å². The first kappa shape index (κ1) is 28.4. The molecule has 2 heterocycles. The highest BCUT2D eigenvalue weighted by Gasteiger charge is 2.18. The van der Waals surface area contributed by atoms with E-state index in [-0.39, 0.29) is 0 Å². The molecule has 0 radical (unpaired) electrons. The van der Waals surface area contributed by atoms with Crippen LogP contribution in [0, 0.1) is 0 Å². The van der Waals surface area contributed by atoms with Gasteiger partial charge < -0.3 is 9.13 Å². The van der Waals surface area contributed by atoms with Gasteiger partial charge in [0.1, 0.15) is 0 Å². The van der Waals surface area contributed by atoms with Gasteiger partial charge in [-0.05, 0) is 94.0 Å². The second-order valence-electron chi connectivity index (χ2n) is 13.0. The Morgan fingerprint density at radius 2 is 0.740 bits per heavy atom. The second kappa shape index (κ2) is 11.5. The molecule has 0 aliphatic rings. The monoisotopic (exact) mass is 636 g/mol. The molecule has 0 bridgehead atoms. The minimum atomic E-state index is 1.16. The van der Waals surface area contributed by atoms with Gasteiger partial charge in [-0.2, -0.15) is 0 Å². The zero-order valence-corrected chi connectivity index (χ0v) is 27.4. The summed E-state index contributed by atoms with van der Waals surface area (Å²) in [7, 11) is 0. The molecule has 0 spiro atoms. The molecule has 0 aliphatic carbocycles. The maximum atomic E-state index is 2.40. The second-order valence-corrected chi connectivity index (χ2v) is 13.0. The molecule has 0 atom stereocenters. The van der Waals surface area contributed by atoms with Crippen molar-refractivity contribution in [2.45, 2.75) is 0 Å². The molecule has 0 saturated carbocycles. The number of benzene rings is 8. The van der Waals surface area contributed by atoms with E-state index in [1.165, 1.54) is 77.0 Å². The van der Waals surface area contributed by atoms with Crippen LogP contribution in [0.2, 0.25) is 0 Å². The van der Waals surface area contributed by atoms with E-state index in [2.05, 4.69) is 203 Å². The van der Waals surface area contributed by atoms with Crippen LogP contribution < -0.4 is 0 Å². The maximum Gasteiger partial charge on any atom is 0.0547 e. The highest BCUT2D eigenvalue weighted by atomic mass is 15.0. The van der Waals surface area contributed by atoms with Crippen LogP contribution in [0.1, 0.15) is 0 Å². The summed E-state index contributed by atoms with van der Waals surface area (Å²) in [6.07, 6.45) is 0. The smallest absolute Gasteiger partial charge is 0.0547 e. The largest absolute Gasteiger partial charge is 0.309 e. The summed E-state index contributed by atoms with van der Waals surface area (Å²) in [5, 5.41) is 5.03. The summed E-state index contributed by atoms with van der Waals surface area (Å²) in [5.74, 6) is 0. The molecule has 0 saturated heterocycles. The van der Waals surface area contributed by atoms with Crippen LogP contribution in [-0.2, 0) is 0 Å². The van der Waals surface area contributed by atoms with Crippen molar-refractivity contribution in [3.05, 3.63) is 194 Å². The molecule has 234 valence electrons. The molecule has 2 aromatic heterocycles. The van der Waals surface area contributed by atoms with Crippen molar-refractivity contribution in [3.8, 4) is 44.8 Å². The van der Waals surface area contributed by atoms with Gasteiger partial charge in [0.05, 0.1) is 22.1 Å². The molecule has 0 aliphatic heterocycles. The maximum absolute atomic E-state index is 2.40. The number of para-hydroxylation sites is 2. The fourth-order valence-corrected chi connectivity index (χ4v) is 7.83. The highest BCUT2D eigenvalue weighted by Crippen LogP contribution is 2.41. The van der Waals surface area contributed by atoms with Crippen molar-refractivity contribution in [2.75, 3.05) is 0 Å². The highest BCUT2D eigenvalue weighted by molar-refractivity contribution is 6.17. The van der Waals surface area contributed by atoms with Gasteiger partial charge in [0.15, 0.2) is 0 Å². The van der Waals surface area contributed by atoms with E-state index < -0.39 is 0 Å². The summed E-state index contributed by atoms with van der Waals surface area (Å²) in [6.45, 7) is 0. The SMILES string of the molecule is c1ccc(-c2ccc(-n3c4ccccc4c4cc(-c5ccc6c(c5)c5c(-c7ccccc7)cccc5n6-c5ccccc5)ccc43)cc2)cc1. The first-order chi connectivity index (χ1) is 24.8. The third kappa shape index (κ3) is 4.50. The van der Waals surface area contributed by atoms with Crippen molar-refractivity contribution < 1.29 is 0 Å². The van der Waals surface area contributed by atoms with Crippen LogP contribution in [0.25, 0.3) is 88.4 Å². The van der Waals surface area contributed by atoms with Gasteiger partial charge in [-0.1, -0.05) is 133 Å². The lowest BCUT2D eigenvalue weighted by Gasteiger charge is -2.10. The average molecular weight is 637 g/mol. The Hall–Kier alpha value is -6.64. The molecule has 2 heteroatoms. The van der Waals surface area contributed by atoms with Gasteiger partial charge in [0.2, 0.25) is 0 Å². The molecular weight excluding hydrogens is 605 g/mol. The topological polar surface area (TPSA) is 9.86 Å². The Kier molecular flexibility index (Phi) is 6.53. The number of hydrogen-bond acceptors (Lipinski definition) is 0. The Labute approximate surface area is 290 Å². The van der Waals surface area contributed by atoms with E-state index in [9.17, 15) is 0 Å². The summed E-state index contributed by atoms with van der Waals surface area (Å²) in [5.41, 5.74) is 14.5. The van der Waals surface area contributed by atoms with Gasteiger partial charge in [-0.15, -0.1) is 0 Å². The third-order valence-electron chi connectivity index (χ3n) is 10.1. The predicted octanol–water partition coefficient (Wildman–Crippen LogP) is 12.9. The van der Waals surface area contributed by atoms with Crippen molar-refractivity contribution in [1.82, 2.24) is 9.13 Å². The quantitative estimate of drug-likeness (QED) is 0.178. The van der Waals surface area contributed by atoms with Crippen molar-refractivity contribution in [1.29, 1.82) is 0 Å². The molecule has 10 aromatic rings. The Bertz CT molecular complexity index is 2820. The zero-order chi connectivity index (χ0) is 33.0. The molecular formula is C48H32N2. The lowest BCUT2D eigenvalue weighted by Crippen LogP contribution is -1.94. The van der Waals surface area contributed by atoms with Crippen LogP contribution in [0.15, 0.2) is 194 Å². The third-order valence-corrected chi connectivity index (χ3v) is 10.1. The van der Waals surface area contributed by atoms with Gasteiger partial charge >= 0.3 is 0 Å². The summed E-state index contributed by atoms with van der Waals surface area (Å²) in [4.78, 5) is 0. The van der Waals surface area contributed by atoms with E-state index in [1.807, 2.05) is 0 Å². The average Bonchev–Trinajstić information content (AvgIpc) is 3.71. The fraction of sp³-hybridized carbons (Fsp3) is 0. The summed E-state index contributed by atoms with van der Waals surface area (Å²) in [6, 6.07) is 70.4. The molecule has 2 nitrogen and oxygen atoms in total. The minimum absolute atomic E-state index is 1.16. The lowest BCUT2D eigenvalue weighted by atomic mass is 9.97. The van der Waals surface area contributed by atoms with Crippen molar-refractivity contribution in [3.63, 3.8) is 0 Å². The number of nitrogens with zero attached hydrogens (tertiary/aromatic N) is 2. The fourth-order valence-electron chi connectivity index (χ4n) is 7.83. The van der Waals surface area contributed by atoms with Crippen molar-refractivity contribution >= 4 is 43.6 Å². The first-order valence-electron chi connectivity index (χ1n) is 17.2. The van der Waals surface area contributed by atoms with Crippen LogP contribution in [0.3, 0.4) is 0 Å². The van der Waals surface area contributed by atoms with E-state index >= 15 is 0 Å². The Balaban J connectivity index is 1.16. The number of hydrogen-bond donors (Lipinski definition) is 0. The van der Waals surface area contributed by atoms with E-state index in [0.29, 0.717) is 0 Å². The minimum Gasteiger partial charge on any atom is -0.309 e. The van der Waals surface area contributed by atoms with Crippen LogP contribution in [0.4, 0.5) is 0 Å². The Morgan fingerprint density at radius 1 is 0.260 bits per heavy atom. The number of aromatic nitrogens is 2. The number of rotatable bonds is 5. The standard InChI is InChI=1S/C48H32N2/c1-4-13-33(14-5-1)34-23-27-39(28-24-34)49-44-21-11-10-19-41(44)42-31-36(25-29-45(42)49)37-26-30-46-43(32-37)48-40(35-15-6-2-7-16-35)20-12-22-47(48)50(46)38-17-8-3-9-18-38/h1-32H. The van der Waals surface area contributed by atoms with E-state index in [1.54, 1.807) is 0 Å². The first-order valence-corrected chi connectivity index (χ1v) is 17.2. The normalized spacial score (nSPS) is 11.6. The molecule has 0 amide bonds. The van der Waals surface area contributed by atoms with Crippen LogP contribution in [0.5, 0.6) is 0 Å². The van der Waals surface area contributed by atoms with E-state index in [0.717, 1.165) is 11.4 Å². The molecule has 0 unspecified atom stereocenters. The van der Waals surface area contributed by atoms with Gasteiger partial charge in [-0.3, -0.25) is 0 Å². The molecule has 10 rings (SSSR count). The summed E-state index contributed by atoms with van der Waals surface area (Å²) >= 11 is 0.